The SMILES string of the molecule is Cc1nc(CCN)sc1Cc1ccc(N(C)C)cc1. The summed E-state index contributed by atoms with van der Waals surface area (Å²) in [6.07, 6.45) is 1.84. The van der Waals surface area contributed by atoms with E-state index >= 15 is 0 Å². The molecule has 0 fully saturated rings. The lowest BCUT2D eigenvalue weighted by Crippen LogP contribution is -2.08. The van der Waals surface area contributed by atoms with Crippen LogP contribution in [0.3, 0.4) is 0 Å². The molecule has 1 aromatic carbocycles. The topological polar surface area (TPSA) is 42.1 Å². The molecule has 0 saturated heterocycles. The quantitative estimate of drug-likeness (QED) is 0.912. The minimum Gasteiger partial charge on any atom is -0.378 e. The van der Waals surface area contributed by atoms with Crippen LogP contribution >= 0.6 is 11.3 Å². The van der Waals surface area contributed by atoms with Gasteiger partial charge in [-0.25, -0.2) is 4.98 Å². The molecule has 4 heteroatoms. The number of aryl methyl sites for hydroxylation is 1. The minimum atomic E-state index is 0.671. The van der Waals surface area contributed by atoms with Crippen LogP contribution in [0.15, 0.2) is 24.3 Å². The van der Waals surface area contributed by atoms with Gasteiger partial charge >= 0.3 is 0 Å². The highest BCUT2D eigenvalue weighted by atomic mass is 32.1. The average Bonchev–Trinajstić information content (AvgIpc) is 2.71. The maximum absolute atomic E-state index is 5.58. The molecule has 0 amide bonds. The van der Waals surface area contributed by atoms with Crippen LogP contribution in [0.25, 0.3) is 0 Å². The van der Waals surface area contributed by atoms with E-state index in [1.54, 1.807) is 11.3 Å². The summed E-state index contributed by atoms with van der Waals surface area (Å²) in [4.78, 5) is 8.03. The van der Waals surface area contributed by atoms with Gasteiger partial charge in [0.1, 0.15) is 0 Å². The lowest BCUT2D eigenvalue weighted by molar-refractivity contribution is 0.943. The number of hydrogen-bond donors (Lipinski definition) is 1. The Morgan fingerprint density at radius 3 is 2.47 bits per heavy atom. The summed E-state index contributed by atoms with van der Waals surface area (Å²) in [6.45, 7) is 2.75. The molecule has 0 aliphatic rings. The van der Waals surface area contributed by atoms with Gasteiger partial charge in [0.25, 0.3) is 0 Å². The Labute approximate surface area is 119 Å². The highest BCUT2D eigenvalue weighted by molar-refractivity contribution is 7.11. The first-order valence-corrected chi connectivity index (χ1v) is 7.33. The van der Waals surface area contributed by atoms with Crippen molar-refractivity contribution in [1.29, 1.82) is 0 Å². The molecule has 2 rings (SSSR count). The number of anilines is 1. The number of rotatable bonds is 5. The zero-order chi connectivity index (χ0) is 13.8. The van der Waals surface area contributed by atoms with E-state index in [2.05, 4.69) is 55.2 Å². The second-order valence-corrected chi connectivity index (χ2v) is 6.06. The first-order valence-electron chi connectivity index (χ1n) is 6.51. The van der Waals surface area contributed by atoms with Gasteiger partial charge in [-0.05, 0) is 31.2 Å². The Morgan fingerprint density at radius 1 is 1.21 bits per heavy atom. The summed E-state index contributed by atoms with van der Waals surface area (Å²) in [5.41, 5.74) is 9.28. The predicted octanol–water partition coefficient (Wildman–Crippen LogP) is 2.61. The van der Waals surface area contributed by atoms with E-state index in [9.17, 15) is 0 Å². The molecule has 0 spiro atoms. The van der Waals surface area contributed by atoms with Crippen LogP contribution in [0.5, 0.6) is 0 Å². The normalized spacial score (nSPS) is 10.7. The summed E-state index contributed by atoms with van der Waals surface area (Å²) >= 11 is 1.79. The van der Waals surface area contributed by atoms with Crippen LogP contribution in [0, 0.1) is 6.92 Å². The number of nitrogens with zero attached hydrogens (tertiary/aromatic N) is 2. The van der Waals surface area contributed by atoms with Gasteiger partial charge in [-0.2, -0.15) is 0 Å². The number of benzene rings is 1. The molecule has 0 aliphatic carbocycles. The predicted molar refractivity (Wildman–Crippen MR) is 83.2 cm³/mol. The lowest BCUT2D eigenvalue weighted by atomic mass is 10.1. The Hall–Kier alpha value is -1.39. The summed E-state index contributed by atoms with van der Waals surface area (Å²) < 4.78 is 0. The first kappa shape index (κ1) is 14.0. The monoisotopic (exact) mass is 275 g/mol. The van der Waals surface area contributed by atoms with Crippen LogP contribution in [-0.4, -0.2) is 25.6 Å². The van der Waals surface area contributed by atoms with E-state index in [-0.39, 0.29) is 0 Å². The Morgan fingerprint density at radius 2 is 1.89 bits per heavy atom. The van der Waals surface area contributed by atoms with E-state index in [0.717, 1.165) is 23.5 Å². The van der Waals surface area contributed by atoms with Crippen LogP contribution < -0.4 is 10.6 Å². The fourth-order valence-electron chi connectivity index (χ4n) is 1.98. The molecule has 0 unspecified atom stereocenters. The van der Waals surface area contributed by atoms with Crippen molar-refractivity contribution in [3.63, 3.8) is 0 Å². The minimum absolute atomic E-state index is 0.671. The fraction of sp³-hybridized carbons (Fsp3) is 0.400. The summed E-state index contributed by atoms with van der Waals surface area (Å²) in [5, 5.41) is 1.15. The van der Waals surface area contributed by atoms with Gasteiger partial charge in [0.2, 0.25) is 0 Å². The van der Waals surface area contributed by atoms with E-state index in [1.165, 1.54) is 16.1 Å². The molecule has 0 saturated carbocycles. The first-order chi connectivity index (χ1) is 9.10. The molecule has 1 heterocycles. The number of aromatic nitrogens is 1. The van der Waals surface area contributed by atoms with Crippen LogP contribution in [-0.2, 0) is 12.8 Å². The smallest absolute Gasteiger partial charge is 0.0943 e. The Balaban J connectivity index is 2.12. The lowest BCUT2D eigenvalue weighted by Gasteiger charge is -2.12. The summed E-state index contributed by atoms with van der Waals surface area (Å²) in [6, 6.07) is 8.70. The molecule has 19 heavy (non-hydrogen) atoms. The van der Waals surface area contributed by atoms with Crippen LogP contribution in [0.1, 0.15) is 21.1 Å². The highest BCUT2D eigenvalue weighted by Gasteiger charge is 2.08. The molecular weight excluding hydrogens is 254 g/mol. The van der Waals surface area contributed by atoms with E-state index in [4.69, 9.17) is 5.73 Å². The van der Waals surface area contributed by atoms with Gasteiger partial charge in [-0.1, -0.05) is 12.1 Å². The molecule has 0 atom stereocenters. The standard InChI is InChI=1S/C15H21N3S/c1-11-14(19-15(17-11)8-9-16)10-12-4-6-13(7-5-12)18(2)3/h4-7H,8-10,16H2,1-3H3. The molecule has 0 aliphatic heterocycles. The number of nitrogens with two attached hydrogens (primary N) is 1. The van der Waals surface area contributed by atoms with E-state index in [0.29, 0.717) is 6.54 Å². The van der Waals surface area contributed by atoms with Crippen molar-refractivity contribution in [2.75, 3.05) is 25.5 Å². The van der Waals surface area contributed by atoms with Crippen molar-refractivity contribution in [3.8, 4) is 0 Å². The second kappa shape index (κ2) is 6.17. The molecule has 3 nitrogen and oxygen atoms in total. The fourth-order valence-corrected chi connectivity index (χ4v) is 3.10. The molecule has 0 radical (unpaired) electrons. The zero-order valence-corrected chi connectivity index (χ0v) is 12.6. The van der Waals surface area contributed by atoms with Crippen molar-refractivity contribution >= 4 is 17.0 Å². The van der Waals surface area contributed by atoms with E-state index in [1.807, 2.05) is 0 Å². The number of hydrogen-bond acceptors (Lipinski definition) is 4. The van der Waals surface area contributed by atoms with Crippen LogP contribution in [0.4, 0.5) is 5.69 Å². The Bertz CT molecular complexity index is 529. The van der Waals surface area contributed by atoms with Gasteiger partial charge in [0.05, 0.1) is 10.7 Å². The van der Waals surface area contributed by atoms with Gasteiger partial charge in [0, 0.05) is 37.5 Å². The molecule has 1 aromatic heterocycles. The Kier molecular flexibility index (Phi) is 4.56. The average molecular weight is 275 g/mol. The largest absolute Gasteiger partial charge is 0.378 e. The third kappa shape index (κ3) is 3.55. The van der Waals surface area contributed by atoms with Crippen molar-refractivity contribution < 1.29 is 0 Å². The van der Waals surface area contributed by atoms with Gasteiger partial charge in [0.15, 0.2) is 0 Å². The summed E-state index contributed by atoms with van der Waals surface area (Å²) in [7, 11) is 4.11. The summed E-state index contributed by atoms with van der Waals surface area (Å²) in [5.74, 6) is 0. The molecule has 2 N–H and O–H groups in total. The van der Waals surface area contributed by atoms with Crippen molar-refractivity contribution in [3.05, 3.63) is 45.4 Å². The second-order valence-electron chi connectivity index (χ2n) is 4.89. The van der Waals surface area contributed by atoms with Crippen molar-refractivity contribution in [2.24, 2.45) is 5.73 Å². The maximum Gasteiger partial charge on any atom is 0.0943 e. The molecule has 2 aromatic rings. The van der Waals surface area contributed by atoms with Crippen molar-refractivity contribution in [1.82, 2.24) is 4.98 Å². The van der Waals surface area contributed by atoms with Crippen molar-refractivity contribution in [2.45, 2.75) is 19.8 Å². The highest BCUT2D eigenvalue weighted by Crippen LogP contribution is 2.23. The van der Waals surface area contributed by atoms with Gasteiger partial charge < -0.3 is 10.6 Å². The number of thiazole rings is 1. The molecule has 0 bridgehead atoms. The molecule has 102 valence electrons. The zero-order valence-electron chi connectivity index (χ0n) is 11.8. The third-order valence-electron chi connectivity index (χ3n) is 3.11. The molecular formula is C15H21N3S. The maximum atomic E-state index is 5.58. The third-order valence-corrected chi connectivity index (χ3v) is 4.33. The van der Waals surface area contributed by atoms with E-state index < -0.39 is 0 Å². The van der Waals surface area contributed by atoms with Gasteiger partial charge in [-0.3, -0.25) is 0 Å². The van der Waals surface area contributed by atoms with Gasteiger partial charge in [-0.15, -0.1) is 11.3 Å². The van der Waals surface area contributed by atoms with Crippen LogP contribution in [0.2, 0.25) is 0 Å².